The maximum absolute atomic E-state index is 12.0. The fourth-order valence-corrected chi connectivity index (χ4v) is 1.10. The van der Waals surface area contributed by atoms with Gasteiger partial charge in [-0.2, -0.15) is 5.26 Å². The van der Waals surface area contributed by atoms with Gasteiger partial charge in [0, 0.05) is 12.3 Å². The van der Waals surface area contributed by atoms with E-state index in [1.54, 1.807) is 6.07 Å². The average molecular weight is 232 g/mol. The Morgan fingerprint density at radius 1 is 1.50 bits per heavy atom. The van der Waals surface area contributed by atoms with Gasteiger partial charge in [0.05, 0.1) is 19.6 Å². The van der Waals surface area contributed by atoms with E-state index in [0.717, 1.165) is 12.3 Å². The Morgan fingerprint density at radius 2 is 2.19 bits per heavy atom. The van der Waals surface area contributed by atoms with Crippen LogP contribution < -0.4 is 9.47 Å². The zero-order chi connectivity index (χ0) is 12.2. The van der Waals surface area contributed by atoms with Crippen molar-refractivity contribution in [2.24, 2.45) is 0 Å². The first kappa shape index (κ1) is 12.1. The molecule has 0 aromatic carbocycles. The van der Waals surface area contributed by atoms with Gasteiger partial charge in [-0.25, -0.2) is 0 Å². The minimum atomic E-state index is -4.81. The predicted octanol–water partition coefficient (Wildman–Crippen LogP) is 2.05. The van der Waals surface area contributed by atoms with Gasteiger partial charge in [0.15, 0.2) is 11.5 Å². The molecule has 1 aromatic rings. The first-order valence-corrected chi connectivity index (χ1v) is 4.12. The number of halogens is 3. The third kappa shape index (κ3) is 3.02. The van der Waals surface area contributed by atoms with E-state index in [-0.39, 0.29) is 17.9 Å². The third-order valence-electron chi connectivity index (χ3n) is 1.62. The number of aromatic nitrogens is 1. The third-order valence-corrected chi connectivity index (χ3v) is 1.62. The highest BCUT2D eigenvalue weighted by atomic mass is 19.4. The van der Waals surface area contributed by atoms with Gasteiger partial charge in [-0.1, -0.05) is 0 Å². The fourth-order valence-electron chi connectivity index (χ4n) is 1.10. The average Bonchev–Trinajstić information content (AvgIpc) is 2.16. The molecule has 0 aliphatic rings. The molecule has 0 unspecified atom stereocenters. The Kier molecular flexibility index (Phi) is 3.55. The van der Waals surface area contributed by atoms with E-state index < -0.39 is 12.1 Å². The Morgan fingerprint density at radius 3 is 2.69 bits per heavy atom. The van der Waals surface area contributed by atoms with E-state index in [0.29, 0.717) is 0 Å². The molecule has 16 heavy (non-hydrogen) atoms. The quantitative estimate of drug-likeness (QED) is 0.800. The lowest BCUT2D eigenvalue weighted by Gasteiger charge is -2.13. The SMILES string of the molecule is COc1c(OC(F)(F)F)ccnc1CC#N. The molecule has 0 amide bonds. The number of hydrogen-bond acceptors (Lipinski definition) is 4. The molecule has 1 heterocycles. The summed E-state index contributed by atoms with van der Waals surface area (Å²) in [7, 11) is 1.18. The summed E-state index contributed by atoms with van der Waals surface area (Å²) in [4.78, 5) is 3.74. The molecule has 0 aliphatic carbocycles. The predicted molar refractivity (Wildman–Crippen MR) is 46.8 cm³/mol. The number of nitrogens with zero attached hydrogens (tertiary/aromatic N) is 2. The van der Waals surface area contributed by atoms with E-state index in [9.17, 15) is 13.2 Å². The summed E-state index contributed by atoms with van der Waals surface area (Å²) < 4.78 is 44.5. The van der Waals surface area contributed by atoms with Crippen LogP contribution in [0.3, 0.4) is 0 Å². The van der Waals surface area contributed by atoms with Crippen LogP contribution >= 0.6 is 0 Å². The van der Waals surface area contributed by atoms with Crippen LogP contribution in [0.25, 0.3) is 0 Å². The highest BCUT2D eigenvalue weighted by Crippen LogP contribution is 2.33. The molecular weight excluding hydrogens is 225 g/mol. The van der Waals surface area contributed by atoms with Gasteiger partial charge in [0.25, 0.3) is 0 Å². The number of methoxy groups -OCH3 is 1. The molecule has 86 valence electrons. The summed E-state index contributed by atoms with van der Waals surface area (Å²) in [5.74, 6) is -0.684. The molecule has 0 saturated carbocycles. The zero-order valence-electron chi connectivity index (χ0n) is 8.21. The molecule has 0 fully saturated rings. The van der Waals surface area contributed by atoms with Gasteiger partial charge in [-0.05, 0) is 0 Å². The van der Waals surface area contributed by atoms with Gasteiger partial charge < -0.3 is 9.47 Å². The molecule has 0 bridgehead atoms. The van der Waals surface area contributed by atoms with Crippen molar-refractivity contribution in [2.45, 2.75) is 12.8 Å². The van der Waals surface area contributed by atoms with Crippen molar-refractivity contribution in [3.05, 3.63) is 18.0 Å². The van der Waals surface area contributed by atoms with Gasteiger partial charge in [0.1, 0.15) is 5.69 Å². The maximum Gasteiger partial charge on any atom is 0.573 e. The van der Waals surface area contributed by atoms with Crippen LogP contribution in [-0.4, -0.2) is 18.5 Å². The van der Waals surface area contributed by atoms with E-state index in [1.807, 2.05) is 0 Å². The lowest BCUT2D eigenvalue weighted by Crippen LogP contribution is -2.18. The van der Waals surface area contributed by atoms with Gasteiger partial charge in [-0.3, -0.25) is 4.98 Å². The summed E-state index contributed by atoms with van der Waals surface area (Å²) in [6.07, 6.45) is -3.84. The Bertz CT molecular complexity index is 412. The number of pyridine rings is 1. The van der Waals surface area contributed by atoms with Crippen LogP contribution in [0.15, 0.2) is 12.3 Å². The van der Waals surface area contributed by atoms with Gasteiger partial charge in [-0.15, -0.1) is 13.2 Å². The van der Waals surface area contributed by atoms with Crippen molar-refractivity contribution in [1.82, 2.24) is 4.98 Å². The first-order chi connectivity index (χ1) is 7.48. The topological polar surface area (TPSA) is 55.1 Å². The lowest BCUT2D eigenvalue weighted by molar-refractivity contribution is -0.275. The van der Waals surface area contributed by atoms with Crippen LogP contribution in [0.5, 0.6) is 11.5 Å². The Balaban J connectivity index is 3.10. The second-order valence-electron chi connectivity index (χ2n) is 2.67. The smallest absolute Gasteiger partial charge is 0.491 e. The van der Waals surface area contributed by atoms with Gasteiger partial charge >= 0.3 is 6.36 Å². The number of alkyl halides is 3. The van der Waals surface area contributed by atoms with Crippen LogP contribution in [0.1, 0.15) is 5.69 Å². The monoisotopic (exact) mass is 232 g/mol. The highest BCUT2D eigenvalue weighted by molar-refractivity contribution is 5.43. The molecule has 0 spiro atoms. The second kappa shape index (κ2) is 4.70. The van der Waals surface area contributed by atoms with Crippen LogP contribution in [-0.2, 0) is 6.42 Å². The largest absolute Gasteiger partial charge is 0.573 e. The summed E-state index contributed by atoms with van der Waals surface area (Å²) in [5, 5.41) is 8.45. The summed E-state index contributed by atoms with van der Waals surface area (Å²) >= 11 is 0. The molecule has 1 aromatic heterocycles. The first-order valence-electron chi connectivity index (χ1n) is 4.12. The molecule has 4 nitrogen and oxygen atoms in total. The molecule has 0 saturated heterocycles. The van der Waals surface area contributed by atoms with Crippen molar-refractivity contribution in [3.63, 3.8) is 0 Å². The molecule has 0 N–H and O–H groups in total. The van der Waals surface area contributed by atoms with E-state index in [2.05, 4.69) is 9.72 Å². The van der Waals surface area contributed by atoms with Crippen LogP contribution in [0.4, 0.5) is 13.2 Å². The zero-order valence-corrected chi connectivity index (χ0v) is 8.21. The summed E-state index contributed by atoms with van der Waals surface area (Å²) in [6.45, 7) is 0. The molecule has 1 rings (SSSR count). The normalized spacial score (nSPS) is 10.7. The number of rotatable bonds is 3. The van der Waals surface area contributed by atoms with E-state index >= 15 is 0 Å². The van der Waals surface area contributed by atoms with Gasteiger partial charge in [0.2, 0.25) is 0 Å². The van der Waals surface area contributed by atoms with Crippen molar-refractivity contribution >= 4 is 0 Å². The Hall–Kier alpha value is -1.97. The molecular formula is C9H7F3N2O2. The number of nitriles is 1. The number of hydrogen-bond donors (Lipinski definition) is 0. The van der Waals surface area contributed by atoms with Crippen molar-refractivity contribution in [3.8, 4) is 17.6 Å². The maximum atomic E-state index is 12.0. The molecule has 0 atom stereocenters. The van der Waals surface area contributed by atoms with Crippen molar-refractivity contribution in [2.75, 3.05) is 7.11 Å². The Labute approximate surface area is 89.2 Å². The fraction of sp³-hybridized carbons (Fsp3) is 0.333. The molecule has 7 heteroatoms. The van der Waals surface area contributed by atoms with Crippen LogP contribution in [0.2, 0.25) is 0 Å². The standard InChI is InChI=1S/C9H7F3N2O2/c1-15-8-6(2-4-13)14-5-3-7(8)16-9(10,11)12/h3,5H,2H2,1H3. The van der Waals surface area contributed by atoms with Crippen molar-refractivity contribution in [1.29, 1.82) is 5.26 Å². The summed E-state index contributed by atoms with van der Waals surface area (Å²) in [5.41, 5.74) is 0.103. The minimum absolute atomic E-state index is 0.103. The summed E-state index contributed by atoms with van der Waals surface area (Å²) in [6, 6.07) is 2.79. The molecule has 0 aliphatic heterocycles. The van der Waals surface area contributed by atoms with Crippen LogP contribution in [0, 0.1) is 11.3 Å². The molecule has 0 radical (unpaired) electrons. The highest BCUT2D eigenvalue weighted by Gasteiger charge is 2.33. The second-order valence-corrected chi connectivity index (χ2v) is 2.67. The lowest BCUT2D eigenvalue weighted by atomic mass is 10.2. The van der Waals surface area contributed by atoms with Crippen molar-refractivity contribution < 1.29 is 22.6 Å². The number of ether oxygens (including phenoxy) is 2. The van der Waals surface area contributed by atoms with E-state index in [1.165, 1.54) is 7.11 Å². The minimum Gasteiger partial charge on any atom is -0.491 e. The van der Waals surface area contributed by atoms with E-state index in [4.69, 9.17) is 10.00 Å².